The number of nitrogens with zero attached hydrogens (tertiary/aromatic N) is 1. The first-order valence-electron chi connectivity index (χ1n) is 7.53. The molecule has 1 aromatic rings. The molecule has 2 N–H and O–H groups in total. The Balaban J connectivity index is 0.00000176. The number of rotatable bonds is 2. The van der Waals surface area contributed by atoms with Gasteiger partial charge in [0, 0.05) is 12.6 Å². The van der Waals surface area contributed by atoms with Crippen LogP contribution in [0.3, 0.4) is 0 Å². The van der Waals surface area contributed by atoms with Gasteiger partial charge < -0.3 is 20.1 Å². The summed E-state index contributed by atoms with van der Waals surface area (Å²) in [4.78, 5) is 14.7. The van der Waals surface area contributed by atoms with E-state index in [1.807, 2.05) is 36.1 Å². The summed E-state index contributed by atoms with van der Waals surface area (Å²) < 4.78 is 11.7. The zero-order valence-corrected chi connectivity index (χ0v) is 13.7. The Kier molecular flexibility index (Phi) is 5.19. The van der Waals surface area contributed by atoms with Crippen LogP contribution in [0, 0.1) is 5.92 Å². The van der Waals surface area contributed by atoms with Gasteiger partial charge in [-0.15, -0.1) is 12.4 Å². The van der Waals surface area contributed by atoms with E-state index in [4.69, 9.17) is 15.2 Å². The average molecular weight is 327 g/mol. The summed E-state index contributed by atoms with van der Waals surface area (Å²) in [6.07, 6.45) is 0.0799. The normalized spacial score (nSPS) is 29.9. The second-order valence-electron chi connectivity index (χ2n) is 5.99. The monoisotopic (exact) mass is 326 g/mol. The van der Waals surface area contributed by atoms with E-state index in [-0.39, 0.29) is 30.5 Å². The number of ether oxygens (including phenoxy) is 2. The molecule has 0 aliphatic carbocycles. The minimum absolute atomic E-state index is 0. The molecule has 1 amide bonds. The van der Waals surface area contributed by atoms with Crippen LogP contribution in [0.4, 0.5) is 0 Å². The molecule has 1 fully saturated rings. The SMILES string of the molecule is CC1Oc2ccccc2OC1C(=O)N1CC(CN)CC1C.Cl. The van der Waals surface area contributed by atoms with E-state index >= 15 is 0 Å². The minimum Gasteiger partial charge on any atom is -0.482 e. The third-order valence-corrected chi connectivity index (χ3v) is 4.36. The average Bonchev–Trinajstić information content (AvgIpc) is 2.87. The van der Waals surface area contributed by atoms with Crippen molar-refractivity contribution in [2.75, 3.05) is 13.1 Å². The summed E-state index contributed by atoms with van der Waals surface area (Å²) in [5.74, 6) is 1.72. The fourth-order valence-electron chi connectivity index (χ4n) is 3.17. The molecular formula is C16H23ClN2O3. The molecule has 0 spiro atoms. The van der Waals surface area contributed by atoms with Gasteiger partial charge in [0.15, 0.2) is 11.5 Å². The van der Waals surface area contributed by atoms with Crippen LogP contribution in [-0.2, 0) is 4.79 Å². The van der Waals surface area contributed by atoms with Gasteiger partial charge in [-0.3, -0.25) is 4.79 Å². The lowest BCUT2D eigenvalue weighted by Crippen LogP contribution is -2.51. The lowest BCUT2D eigenvalue weighted by atomic mass is 10.1. The van der Waals surface area contributed by atoms with Gasteiger partial charge in [0.2, 0.25) is 6.10 Å². The smallest absolute Gasteiger partial charge is 0.267 e. The Morgan fingerprint density at radius 3 is 2.50 bits per heavy atom. The minimum atomic E-state index is -0.584. The molecule has 2 heterocycles. The molecule has 3 rings (SSSR count). The summed E-state index contributed by atoms with van der Waals surface area (Å²) in [5.41, 5.74) is 5.73. The number of fused-ring (bicyclic) bond motifs is 1. The number of hydrogen-bond donors (Lipinski definition) is 1. The number of carbonyl (C=O) groups is 1. The number of amides is 1. The van der Waals surface area contributed by atoms with E-state index in [1.165, 1.54) is 0 Å². The van der Waals surface area contributed by atoms with Crippen molar-refractivity contribution in [3.8, 4) is 11.5 Å². The van der Waals surface area contributed by atoms with Crippen LogP contribution in [0.1, 0.15) is 20.3 Å². The number of likely N-dealkylation sites (tertiary alicyclic amines) is 1. The van der Waals surface area contributed by atoms with Gasteiger partial charge in [0.05, 0.1) is 0 Å². The van der Waals surface area contributed by atoms with Crippen LogP contribution in [0.15, 0.2) is 24.3 Å². The third kappa shape index (κ3) is 3.01. The van der Waals surface area contributed by atoms with Crippen LogP contribution in [0.25, 0.3) is 0 Å². The van der Waals surface area contributed by atoms with Crippen molar-refractivity contribution in [1.29, 1.82) is 0 Å². The highest BCUT2D eigenvalue weighted by Gasteiger charge is 2.41. The van der Waals surface area contributed by atoms with Gasteiger partial charge in [-0.2, -0.15) is 0 Å². The Bertz CT molecular complexity index is 540. The highest BCUT2D eigenvalue weighted by molar-refractivity contribution is 5.85. The number of benzene rings is 1. The van der Waals surface area contributed by atoms with E-state index < -0.39 is 6.10 Å². The second kappa shape index (κ2) is 6.75. The molecular weight excluding hydrogens is 304 g/mol. The number of carbonyl (C=O) groups excluding carboxylic acids is 1. The molecule has 0 saturated carbocycles. The Labute approximate surface area is 137 Å². The van der Waals surface area contributed by atoms with E-state index in [2.05, 4.69) is 6.92 Å². The molecule has 4 unspecified atom stereocenters. The zero-order chi connectivity index (χ0) is 15.0. The summed E-state index contributed by atoms with van der Waals surface area (Å²) in [7, 11) is 0. The maximum absolute atomic E-state index is 12.8. The van der Waals surface area contributed by atoms with Gasteiger partial charge in [-0.1, -0.05) is 12.1 Å². The quantitative estimate of drug-likeness (QED) is 0.900. The van der Waals surface area contributed by atoms with E-state index in [0.717, 1.165) is 6.42 Å². The molecule has 2 aliphatic rings. The molecule has 2 aliphatic heterocycles. The van der Waals surface area contributed by atoms with Crippen molar-refractivity contribution >= 4 is 18.3 Å². The van der Waals surface area contributed by atoms with Crippen molar-refractivity contribution in [2.24, 2.45) is 11.7 Å². The van der Waals surface area contributed by atoms with E-state index in [9.17, 15) is 4.79 Å². The maximum Gasteiger partial charge on any atom is 0.267 e. The molecule has 0 bridgehead atoms. The molecule has 1 aromatic carbocycles. The van der Waals surface area contributed by atoms with Gasteiger partial charge in [0.1, 0.15) is 6.10 Å². The van der Waals surface area contributed by atoms with Gasteiger partial charge >= 0.3 is 0 Å². The summed E-state index contributed by atoms with van der Waals surface area (Å²) in [5, 5.41) is 0. The van der Waals surface area contributed by atoms with Gasteiger partial charge in [-0.05, 0) is 44.9 Å². The predicted octanol–water partition coefficient (Wildman–Crippen LogP) is 1.83. The van der Waals surface area contributed by atoms with Gasteiger partial charge in [0.25, 0.3) is 5.91 Å². The summed E-state index contributed by atoms with van der Waals surface area (Å²) in [6, 6.07) is 7.67. The van der Waals surface area contributed by atoms with Crippen molar-refractivity contribution < 1.29 is 14.3 Å². The number of nitrogens with two attached hydrogens (primary N) is 1. The van der Waals surface area contributed by atoms with Crippen LogP contribution in [0.2, 0.25) is 0 Å². The van der Waals surface area contributed by atoms with Gasteiger partial charge in [-0.25, -0.2) is 0 Å². The molecule has 5 nitrogen and oxygen atoms in total. The first kappa shape index (κ1) is 16.9. The second-order valence-corrected chi connectivity index (χ2v) is 5.99. The molecule has 0 radical (unpaired) electrons. The van der Waals surface area contributed by atoms with Crippen molar-refractivity contribution in [3.63, 3.8) is 0 Å². The number of hydrogen-bond acceptors (Lipinski definition) is 4. The lowest BCUT2D eigenvalue weighted by Gasteiger charge is -2.34. The van der Waals surface area contributed by atoms with Crippen molar-refractivity contribution in [2.45, 2.75) is 38.5 Å². The van der Waals surface area contributed by atoms with Crippen LogP contribution >= 0.6 is 12.4 Å². The van der Waals surface area contributed by atoms with E-state index in [1.54, 1.807) is 0 Å². The highest BCUT2D eigenvalue weighted by Crippen LogP contribution is 2.35. The third-order valence-electron chi connectivity index (χ3n) is 4.36. The Morgan fingerprint density at radius 2 is 1.91 bits per heavy atom. The Hall–Kier alpha value is -1.46. The van der Waals surface area contributed by atoms with E-state index in [0.29, 0.717) is 30.5 Å². The zero-order valence-electron chi connectivity index (χ0n) is 12.9. The first-order valence-corrected chi connectivity index (χ1v) is 7.53. The van der Waals surface area contributed by atoms with Crippen molar-refractivity contribution in [1.82, 2.24) is 4.90 Å². The molecule has 4 atom stereocenters. The molecule has 6 heteroatoms. The summed E-state index contributed by atoms with van der Waals surface area (Å²) in [6.45, 7) is 5.27. The Morgan fingerprint density at radius 1 is 1.27 bits per heavy atom. The molecule has 122 valence electrons. The fourth-order valence-corrected chi connectivity index (χ4v) is 3.17. The number of para-hydroxylation sites is 2. The first-order chi connectivity index (χ1) is 10.1. The largest absolute Gasteiger partial charge is 0.482 e. The van der Waals surface area contributed by atoms with Crippen LogP contribution < -0.4 is 15.2 Å². The van der Waals surface area contributed by atoms with Crippen LogP contribution in [-0.4, -0.2) is 42.1 Å². The molecule has 22 heavy (non-hydrogen) atoms. The molecule has 0 aromatic heterocycles. The lowest BCUT2D eigenvalue weighted by molar-refractivity contribution is -0.145. The highest BCUT2D eigenvalue weighted by atomic mass is 35.5. The topological polar surface area (TPSA) is 64.8 Å². The predicted molar refractivity (Wildman–Crippen MR) is 86.5 cm³/mol. The standard InChI is InChI=1S/C16H22N2O3.ClH/c1-10-7-12(8-17)9-18(10)16(19)15-11(2)20-13-5-3-4-6-14(13)21-15;/h3-6,10-12,15H,7-9,17H2,1-2H3;1H. The molecule has 1 saturated heterocycles. The van der Waals surface area contributed by atoms with Crippen molar-refractivity contribution in [3.05, 3.63) is 24.3 Å². The van der Waals surface area contributed by atoms with Crippen LogP contribution in [0.5, 0.6) is 11.5 Å². The maximum atomic E-state index is 12.8. The summed E-state index contributed by atoms with van der Waals surface area (Å²) >= 11 is 0. The number of halogens is 1. The fraction of sp³-hybridized carbons (Fsp3) is 0.562.